The summed E-state index contributed by atoms with van der Waals surface area (Å²) in [4.78, 5) is 17.5. The Bertz CT molecular complexity index is 723. The molecule has 2 aliphatic rings. The van der Waals surface area contributed by atoms with E-state index in [-0.39, 0.29) is 12.0 Å². The number of aromatic nitrogens is 2. The van der Waals surface area contributed by atoms with Gasteiger partial charge < -0.3 is 14.5 Å². The van der Waals surface area contributed by atoms with Crippen LogP contribution in [0.5, 0.6) is 0 Å². The fourth-order valence-electron chi connectivity index (χ4n) is 3.98. The van der Waals surface area contributed by atoms with Crippen LogP contribution < -0.4 is 0 Å². The predicted octanol–water partition coefficient (Wildman–Crippen LogP) is 2.59. The average molecular weight is 368 g/mol. The van der Waals surface area contributed by atoms with E-state index < -0.39 is 0 Å². The Morgan fingerprint density at radius 2 is 1.89 bits per heavy atom. The number of hydrogen-bond donors (Lipinski definition) is 0. The quantitative estimate of drug-likeness (QED) is 0.832. The summed E-state index contributed by atoms with van der Waals surface area (Å²) in [6.45, 7) is 5.42. The first-order valence-electron chi connectivity index (χ1n) is 10.0. The molecule has 0 radical (unpaired) electrons. The second kappa shape index (κ2) is 8.67. The summed E-state index contributed by atoms with van der Waals surface area (Å²) >= 11 is 0. The number of piperidine rings is 1. The van der Waals surface area contributed by atoms with Crippen LogP contribution in [0.25, 0.3) is 5.69 Å². The van der Waals surface area contributed by atoms with Crippen LogP contribution in [-0.4, -0.2) is 70.9 Å². The fraction of sp³-hybridized carbons (Fsp3) is 0.524. The van der Waals surface area contributed by atoms with Gasteiger partial charge in [0, 0.05) is 44.2 Å². The van der Waals surface area contributed by atoms with Crippen LogP contribution in [0.3, 0.4) is 0 Å². The van der Waals surface area contributed by atoms with Crippen LogP contribution >= 0.6 is 0 Å². The van der Waals surface area contributed by atoms with Crippen molar-refractivity contribution in [1.29, 1.82) is 0 Å². The standard InChI is InChI=1S/C21H28N4O2/c26-21(18-6-8-19(9-7-18)25-14-4-10-22-25)24-13-5-15-27-20(17-24)16-23-11-2-1-3-12-23/h4,6-10,14,20H,1-3,5,11-13,15-17H2/t20-/m0/s1. The highest BCUT2D eigenvalue weighted by Gasteiger charge is 2.25. The van der Waals surface area contributed by atoms with Gasteiger partial charge in [-0.25, -0.2) is 4.68 Å². The predicted molar refractivity (Wildman–Crippen MR) is 104 cm³/mol. The first-order valence-corrected chi connectivity index (χ1v) is 10.0. The molecular weight excluding hydrogens is 340 g/mol. The molecule has 1 aromatic carbocycles. The molecule has 27 heavy (non-hydrogen) atoms. The normalized spacial score (nSPS) is 21.8. The van der Waals surface area contributed by atoms with E-state index in [1.54, 1.807) is 10.9 Å². The lowest BCUT2D eigenvalue weighted by molar-refractivity contribution is 0.0216. The maximum Gasteiger partial charge on any atom is 0.253 e. The Balaban J connectivity index is 1.40. The minimum atomic E-state index is 0.0937. The minimum absolute atomic E-state index is 0.0937. The molecule has 0 N–H and O–H groups in total. The smallest absolute Gasteiger partial charge is 0.253 e. The Labute approximate surface area is 160 Å². The molecule has 0 spiro atoms. The van der Waals surface area contributed by atoms with E-state index in [0.717, 1.165) is 50.5 Å². The Hall–Kier alpha value is -2.18. The third kappa shape index (κ3) is 4.57. The lowest BCUT2D eigenvalue weighted by Crippen LogP contribution is -2.43. The lowest BCUT2D eigenvalue weighted by atomic mass is 10.1. The molecule has 1 amide bonds. The molecule has 0 saturated carbocycles. The number of hydrogen-bond acceptors (Lipinski definition) is 4. The highest BCUT2D eigenvalue weighted by Crippen LogP contribution is 2.16. The van der Waals surface area contributed by atoms with Crippen molar-refractivity contribution in [1.82, 2.24) is 19.6 Å². The van der Waals surface area contributed by atoms with Crippen molar-refractivity contribution in [3.63, 3.8) is 0 Å². The Kier molecular flexibility index (Phi) is 5.84. The third-order valence-electron chi connectivity index (χ3n) is 5.43. The summed E-state index contributed by atoms with van der Waals surface area (Å²) in [5.74, 6) is 0.0937. The topological polar surface area (TPSA) is 50.6 Å². The molecule has 2 aliphatic heterocycles. The molecule has 144 valence electrons. The van der Waals surface area contributed by atoms with Gasteiger partial charge >= 0.3 is 0 Å². The molecule has 0 aliphatic carbocycles. The van der Waals surface area contributed by atoms with Gasteiger partial charge in [-0.3, -0.25) is 4.79 Å². The van der Waals surface area contributed by atoms with Crippen LogP contribution in [0.4, 0.5) is 0 Å². The van der Waals surface area contributed by atoms with Gasteiger partial charge in [0.15, 0.2) is 0 Å². The average Bonchev–Trinajstić information content (AvgIpc) is 3.15. The summed E-state index contributed by atoms with van der Waals surface area (Å²) in [5.41, 5.74) is 1.68. The van der Waals surface area contributed by atoms with E-state index in [0.29, 0.717) is 6.54 Å². The highest BCUT2D eigenvalue weighted by molar-refractivity contribution is 5.94. The number of ether oxygens (including phenoxy) is 1. The lowest BCUT2D eigenvalue weighted by Gasteiger charge is -2.31. The largest absolute Gasteiger partial charge is 0.375 e. The monoisotopic (exact) mass is 368 g/mol. The maximum atomic E-state index is 13.0. The molecule has 1 aromatic heterocycles. The number of likely N-dealkylation sites (tertiary alicyclic amines) is 1. The molecule has 3 heterocycles. The third-order valence-corrected chi connectivity index (χ3v) is 5.43. The van der Waals surface area contributed by atoms with E-state index in [1.807, 2.05) is 41.4 Å². The molecule has 0 bridgehead atoms. The van der Waals surface area contributed by atoms with Gasteiger partial charge in [0.2, 0.25) is 0 Å². The molecule has 0 unspecified atom stereocenters. The van der Waals surface area contributed by atoms with Crippen LogP contribution in [0, 0.1) is 0 Å². The summed E-state index contributed by atoms with van der Waals surface area (Å²) in [6, 6.07) is 9.56. The highest BCUT2D eigenvalue weighted by atomic mass is 16.5. The van der Waals surface area contributed by atoms with Crippen LogP contribution in [0.2, 0.25) is 0 Å². The van der Waals surface area contributed by atoms with Crippen molar-refractivity contribution < 1.29 is 9.53 Å². The second-order valence-electron chi connectivity index (χ2n) is 7.46. The van der Waals surface area contributed by atoms with Gasteiger partial charge in [-0.05, 0) is 62.7 Å². The molecule has 2 fully saturated rings. The zero-order valence-electron chi connectivity index (χ0n) is 15.8. The van der Waals surface area contributed by atoms with Crippen molar-refractivity contribution in [2.75, 3.05) is 39.3 Å². The molecule has 2 saturated heterocycles. The summed E-state index contributed by atoms with van der Waals surface area (Å²) in [5, 5.41) is 4.23. The molecule has 2 aromatic rings. The molecule has 4 rings (SSSR count). The van der Waals surface area contributed by atoms with Crippen molar-refractivity contribution in [3.05, 3.63) is 48.3 Å². The van der Waals surface area contributed by atoms with E-state index in [4.69, 9.17) is 4.74 Å². The number of carbonyl (C=O) groups is 1. The molecule has 1 atom stereocenters. The van der Waals surface area contributed by atoms with Gasteiger partial charge in [-0.1, -0.05) is 6.42 Å². The Morgan fingerprint density at radius 3 is 2.63 bits per heavy atom. The summed E-state index contributed by atoms with van der Waals surface area (Å²) < 4.78 is 7.84. The maximum absolute atomic E-state index is 13.0. The SMILES string of the molecule is O=C(c1ccc(-n2cccn2)cc1)N1CCCO[C@@H](CN2CCCCC2)C1. The van der Waals surface area contributed by atoms with Crippen LogP contribution in [-0.2, 0) is 4.74 Å². The number of benzene rings is 1. The first-order chi connectivity index (χ1) is 13.3. The van der Waals surface area contributed by atoms with Crippen molar-refractivity contribution >= 4 is 5.91 Å². The number of rotatable bonds is 4. The van der Waals surface area contributed by atoms with Gasteiger partial charge in [0.1, 0.15) is 0 Å². The Morgan fingerprint density at radius 1 is 1.07 bits per heavy atom. The number of nitrogens with zero attached hydrogens (tertiary/aromatic N) is 4. The van der Waals surface area contributed by atoms with E-state index in [1.165, 1.54) is 19.3 Å². The fourth-order valence-corrected chi connectivity index (χ4v) is 3.98. The minimum Gasteiger partial charge on any atom is -0.375 e. The number of carbonyl (C=O) groups excluding carboxylic acids is 1. The van der Waals surface area contributed by atoms with Gasteiger partial charge in [0.25, 0.3) is 5.91 Å². The van der Waals surface area contributed by atoms with Gasteiger partial charge in [-0.2, -0.15) is 5.10 Å². The zero-order valence-corrected chi connectivity index (χ0v) is 15.8. The van der Waals surface area contributed by atoms with Crippen LogP contribution in [0.1, 0.15) is 36.0 Å². The van der Waals surface area contributed by atoms with Crippen molar-refractivity contribution in [2.45, 2.75) is 31.8 Å². The molecular formula is C21H28N4O2. The van der Waals surface area contributed by atoms with E-state index in [2.05, 4.69) is 10.00 Å². The van der Waals surface area contributed by atoms with Crippen molar-refractivity contribution in [2.24, 2.45) is 0 Å². The van der Waals surface area contributed by atoms with E-state index >= 15 is 0 Å². The molecule has 6 heteroatoms. The summed E-state index contributed by atoms with van der Waals surface area (Å²) in [7, 11) is 0. The van der Waals surface area contributed by atoms with Crippen LogP contribution in [0.15, 0.2) is 42.7 Å². The molecule has 6 nitrogen and oxygen atoms in total. The number of amides is 1. The second-order valence-corrected chi connectivity index (χ2v) is 7.46. The van der Waals surface area contributed by atoms with Crippen molar-refractivity contribution in [3.8, 4) is 5.69 Å². The van der Waals surface area contributed by atoms with E-state index in [9.17, 15) is 4.79 Å². The van der Waals surface area contributed by atoms with Gasteiger partial charge in [-0.15, -0.1) is 0 Å². The first kappa shape index (κ1) is 18.2. The zero-order chi connectivity index (χ0) is 18.5. The van der Waals surface area contributed by atoms with Gasteiger partial charge in [0.05, 0.1) is 11.8 Å². The summed E-state index contributed by atoms with van der Waals surface area (Å²) in [6.07, 6.45) is 8.54.